The van der Waals surface area contributed by atoms with Crippen molar-refractivity contribution in [3.63, 3.8) is 0 Å². The van der Waals surface area contributed by atoms with Crippen LogP contribution in [-0.2, 0) is 13.1 Å². The predicted octanol–water partition coefficient (Wildman–Crippen LogP) is 4.87. The Hall–Kier alpha value is -2.65. The highest BCUT2D eigenvalue weighted by molar-refractivity contribution is 6.30. The molecule has 2 aromatic heterocycles. The maximum Gasteiger partial charge on any atom is 0.265 e. The summed E-state index contributed by atoms with van der Waals surface area (Å²) in [5, 5.41) is 9.56. The Morgan fingerprint density at radius 2 is 1.82 bits per heavy atom. The van der Waals surface area contributed by atoms with Crippen LogP contribution in [0, 0.1) is 12.7 Å². The Kier molecular flexibility index (Phi) is 5.11. The van der Waals surface area contributed by atoms with Gasteiger partial charge in [-0.2, -0.15) is 0 Å². The van der Waals surface area contributed by atoms with E-state index in [4.69, 9.17) is 11.6 Å². The van der Waals surface area contributed by atoms with Gasteiger partial charge in [0.05, 0.1) is 24.0 Å². The van der Waals surface area contributed by atoms with E-state index in [0.29, 0.717) is 29.6 Å². The van der Waals surface area contributed by atoms with Crippen LogP contribution in [0.1, 0.15) is 48.1 Å². The molecule has 6 nitrogen and oxygen atoms in total. The summed E-state index contributed by atoms with van der Waals surface area (Å²) < 4.78 is 43.5. The summed E-state index contributed by atoms with van der Waals surface area (Å²) >= 11 is 6.27. The van der Waals surface area contributed by atoms with Crippen LogP contribution in [0.2, 0.25) is 5.02 Å². The van der Waals surface area contributed by atoms with Crippen LogP contribution >= 0.6 is 11.6 Å². The highest BCUT2D eigenvalue weighted by Crippen LogP contribution is 2.47. The van der Waals surface area contributed by atoms with Gasteiger partial charge in [0, 0.05) is 37.0 Å². The van der Waals surface area contributed by atoms with E-state index in [2.05, 4.69) is 20.1 Å². The third-order valence-corrected chi connectivity index (χ3v) is 7.41. The van der Waals surface area contributed by atoms with Crippen LogP contribution in [0.25, 0.3) is 5.69 Å². The molecule has 34 heavy (non-hydrogen) atoms. The van der Waals surface area contributed by atoms with Crippen molar-refractivity contribution < 1.29 is 13.2 Å². The quantitative estimate of drug-likeness (QED) is 0.526. The first-order valence-electron chi connectivity index (χ1n) is 11.5. The Balaban J connectivity index is 1.29. The number of anilines is 1. The van der Waals surface area contributed by atoms with Gasteiger partial charge in [-0.15, -0.1) is 10.2 Å². The largest absolute Gasteiger partial charge is 0.357 e. The number of pyridine rings is 1. The summed E-state index contributed by atoms with van der Waals surface area (Å²) in [4.78, 5) is 8.33. The zero-order chi connectivity index (χ0) is 23.6. The molecular formula is C24H24ClF3N6. The summed E-state index contributed by atoms with van der Waals surface area (Å²) in [6.45, 7) is 3.91. The first kappa shape index (κ1) is 21.9. The van der Waals surface area contributed by atoms with Crippen molar-refractivity contribution in [1.82, 2.24) is 24.6 Å². The SMILES string of the molecule is Cc1nc(N2CCC(c3nnc4n3-c3ccc(Cl)cc3CN(C3CC3(F)F)C4)CC2)ccc1F. The first-order chi connectivity index (χ1) is 16.3. The minimum Gasteiger partial charge on any atom is -0.357 e. The molecule has 1 saturated carbocycles. The van der Waals surface area contributed by atoms with E-state index in [1.54, 1.807) is 17.9 Å². The molecule has 1 saturated heterocycles. The summed E-state index contributed by atoms with van der Waals surface area (Å²) in [7, 11) is 0. The number of fused-ring (bicyclic) bond motifs is 3. The summed E-state index contributed by atoms with van der Waals surface area (Å²) in [5.74, 6) is -0.490. The van der Waals surface area contributed by atoms with Crippen LogP contribution in [0.15, 0.2) is 30.3 Å². The first-order valence-corrected chi connectivity index (χ1v) is 11.9. The fraction of sp³-hybridized carbons (Fsp3) is 0.458. The molecule has 0 spiro atoms. The van der Waals surface area contributed by atoms with E-state index in [1.165, 1.54) is 6.07 Å². The summed E-state index contributed by atoms with van der Waals surface area (Å²) in [6, 6.07) is 8.01. The molecule has 4 heterocycles. The van der Waals surface area contributed by atoms with Crippen molar-refractivity contribution in [2.24, 2.45) is 0 Å². The van der Waals surface area contributed by atoms with Crippen LogP contribution < -0.4 is 4.90 Å². The molecule has 0 radical (unpaired) electrons. The molecule has 3 aromatic rings. The lowest BCUT2D eigenvalue weighted by atomic mass is 9.95. The molecule has 2 fully saturated rings. The average Bonchev–Trinajstić information content (AvgIpc) is 3.32. The van der Waals surface area contributed by atoms with Crippen molar-refractivity contribution in [3.05, 3.63) is 64.1 Å². The third kappa shape index (κ3) is 3.75. The van der Waals surface area contributed by atoms with Crippen molar-refractivity contribution in [2.75, 3.05) is 18.0 Å². The van der Waals surface area contributed by atoms with Crippen molar-refractivity contribution in [2.45, 2.75) is 57.2 Å². The molecular weight excluding hydrogens is 465 g/mol. The molecule has 1 aromatic carbocycles. The lowest BCUT2D eigenvalue weighted by Gasteiger charge is -2.32. The van der Waals surface area contributed by atoms with E-state index in [1.807, 2.05) is 22.8 Å². The number of aryl methyl sites for hydroxylation is 1. The fourth-order valence-electron chi connectivity index (χ4n) is 5.20. The highest BCUT2D eigenvalue weighted by atomic mass is 35.5. The van der Waals surface area contributed by atoms with Crippen molar-refractivity contribution in [3.8, 4) is 5.69 Å². The topological polar surface area (TPSA) is 50.1 Å². The number of aromatic nitrogens is 4. The van der Waals surface area contributed by atoms with Gasteiger partial charge in [-0.3, -0.25) is 9.47 Å². The number of benzene rings is 1. The maximum absolute atomic E-state index is 13.9. The van der Waals surface area contributed by atoms with E-state index in [-0.39, 0.29) is 18.2 Å². The van der Waals surface area contributed by atoms with E-state index >= 15 is 0 Å². The number of halogens is 4. The second kappa shape index (κ2) is 7.95. The molecule has 1 aliphatic carbocycles. The monoisotopic (exact) mass is 488 g/mol. The number of alkyl halides is 2. The third-order valence-electron chi connectivity index (χ3n) is 7.18. The van der Waals surface area contributed by atoms with Gasteiger partial charge in [0.2, 0.25) is 0 Å². The van der Waals surface area contributed by atoms with E-state index < -0.39 is 12.0 Å². The summed E-state index contributed by atoms with van der Waals surface area (Å²) in [5.41, 5.74) is 2.20. The van der Waals surface area contributed by atoms with Gasteiger partial charge >= 0.3 is 0 Å². The Morgan fingerprint density at radius 1 is 1.06 bits per heavy atom. The molecule has 0 amide bonds. The standard InChI is InChI=1S/C24H24ClF3N6/c1-14-18(26)3-5-21(29-14)32-8-6-15(7-9-32)23-31-30-22-13-33(20-11-24(20,27)28)12-16-10-17(25)2-4-19(16)34(22)23/h2-5,10,15,20H,6-9,11-13H2,1H3. The van der Waals surface area contributed by atoms with Gasteiger partial charge in [0.15, 0.2) is 5.82 Å². The summed E-state index contributed by atoms with van der Waals surface area (Å²) in [6.07, 6.45) is 1.55. The van der Waals surface area contributed by atoms with Gasteiger partial charge in [-0.25, -0.2) is 18.2 Å². The average molecular weight is 489 g/mol. The van der Waals surface area contributed by atoms with Gasteiger partial charge in [0.25, 0.3) is 5.92 Å². The minimum atomic E-state index is -2.66. The predicted molar refractivity (Wildman–Crippen MR) is 122 cm³/mol. The van der Waals surface area contributed by atoms with Crippen LogP contribution in [0.3, 0.4) is 0 Å². The van der Waals surface area contributed by atoms with Gasteiger partial charge < -0.3 is 4.90 Å². The van der Waals surface area contributed by atoms with Crippen LogP contribution in [-0.4, -0.2) is 49.7 Å². The Morgan fingerprint density at radius 3 is 2.53 bits per heavy atom. The minimum absolute atomic E-state index is 0.126. The second-order valence-corrected chi connectivity index (χ2v) is 9.90. The number of hydrogen-bond acceptors (Lipinski definition) is 5. The van der Waals surface area contributed by atoms with E-state index in [9.17, 15) is 13.2 Å². The molecule has 10 heteroatoms. The highest BCUT2D eigenvalue weighted by Gasteiger charge is 2.60. The molecule has 0 N–H and O–H groups in total. The smallest absolute Gasteiger partial charge is 0.265 e. The normalized spacial score (nSPS) is 22.3. The molecule has 178 valence electrons. The number of rotatable bonds is 3. The lowest BCUT2D eigenvalue weighted by molar-refractivity contribution is 0.0663. The second-order valence-electron chi connectivity index (χ2n) is 9.47. The fourth-order valence-corrected chi connectivity index (χ4v) is 5.40. The Labute approximate surface area is 200 Å². The van der Waals surface area contributed by atoms with Crippen LogP contribution in [0.5, 0.6) is 0 Å². The van der Waals surface area contributed by atoms with Crippen LogP contribution in [0.4, 0.5) is 19.0 Å². The van der Waals surface area contributed by atoms with Gasteiger partial charge in [-0.05, 0) is 55.7 Å². The van der Waals surface area contributed by atoms with Gasteiger partial charge in [0.1, 0.15) is 17.5 Å². The van der Waals surface area contributed by atoms with Gasteiger partial charge in [-0.1, -0.05) is 11.6 Å². The van der Waals surface area contributed by atoms with Crippen molar-refractivity contribution in [1.29, 1.82) is 0 Å². The number of nitrogens with zero attached hydrogens (tertiary/aromatic N) is 6. The molecule has 6 rings (SSSR count). The number of piperidine rings is 1. The van der Waals surface area contributed by atoms with E-state index in [0.717, 1.165) is 48.8 Å². The zero-order valence-electron chi connectivity index (χ0n) is 18.7. The Bertz CT molecular complexity index is 1250. The molecule has 0 bridgehead atoms. The lowest BCUT2D eigenvalue weighted by Crippen LogP contribution is -2.34. The molecule has 1 atom stereocenters. The zero-order valence-corrected chi connectivity index (χ0v) is 19.4. The molecule has 1 unspecified atom stereocenters. The molecule has 3 aliphatic rings. The maximum atomic E-state index is 13.9. The molecule has 2 aliphatic heterocycles. The number of hydrogen-bond donors (Lipinski definition) is 0. The van der Waals surface area contributed by atoms with Crippen molar-refractivity contribution >= 4 is 17.4 Å².